The molecule has 0 fully saturated rings. The number of hydrogen-bond donors (Lipinski definition) is 0. The number of hydrazone groups is 2. The van der Waals surface area contributed by atoms with E-state index in [0.717, 1.165) is 35.5 Å². The zero-order valence-electron chi connectivity index (χ0n) is 19.9. The lowest BCUT2D eigenvalue weighted by molar-refractivity contribution is -0.134. The molecule has 7 heteroatoms. The molecule has 1 spiro atoms. The molecule has 178 valence electrons. The lowest BCUT2D eigenvalue weighted by Gasteiger charge is -2.46. The summed E-state index contributed by atoms with van der Waals surface area (Å²) in [5, 5.41) is 14.3. The number of carbonyl (C=O) groups is 1. The van der Waals surface area contributed by atoms with E-state index in [4.69, 9.17) is 14.9 Å². The number of anilines is 2. The minimum Gasteiger partial charge on any atom is -0.461 e. The average Bonchev–Trinajstić information content (AvgIpc) is 3.30. The second-order valence-electron chi connectivity index (χ2n) is 8.36. The van der Waals surface area contributed by atoms with Crippen LogP contribution in [0.4, 0.5) is 11.4 Å². The van der Waals surface area contributed by atoms with E-state index in [1.54, 1.807) is 6.92 Å². The van der Waals surface area contributed by atoms with Crippen LogP contribution in [0.25, 0.3) is 0 Å². The molecule has 2 aliphatic heterocycles. The van der Waals surface area contributed by atoms with Gasteiger partial charge in [-0.15, -0.1) is 0 Å². The molecule has 0 aromatic heterocycles. The van der Waals surface area contributed by atoms with Crippen LogP contribution in [-0.4, -0.2) is 28.3 Å². The van der Waals surface area contributed by atoms with Crippen molar-refractivity contribution in [3.63, 3.8) is 0 Å². The number of nitrogens with zero attached hydrogens (tertiary/aromatic N) is 4. The number of rotatable bonds is 6. The van der Waals surface area contributed by atoms with Gasteiger partial charge in [0.1, 0.15) is 0 Å². The molecule has 0 saturated heterocycles. The zero-order chi connectivity index (χ0) is 24.3. The second kappa shape index (κ2) is 9.96. The van der Waals surface area contributed by atoms with Crippen LogP contribution in [0.15, 0.2) is 95.1 Å². The molecule has 3 aromatic carbocycles. The van der Waals surface area contributed by atoms with Crippen molar-refractivity contribution in [2.45, 2.75) is 38.1 Å². The molecule has 5 rings (SSSR count). The molecule has 6 nitrogen and oxygen atoms in total. The number of carbonyl (C=O) groups excluding carboxylic acids is 1. The van der Waals surface area contributed by atoms with Gasteiger partial charge in [-0.3, -0.25) is 0 Å². The fraction of sp³-hybridized carbons (Fsp3) is 0.250. The Morgan fingerprint density at radius 1 is 0.886 bits per heavy atom. The van der Waals surface area contributed by atoms with E-state index >= 15 is 0 Å². The summed E-state index contributed by atoms with van der Waals surface area (Å²) in [7, 11) is 0. The van der Waals surface area contributed by atoms with Crippen LogP contribution in [0.5, 0.6) is 0 Å². The number of hydrogen-bond acceptors (Lipinski definition) is 7. The quantitative estimate of drug-likeness (QED) is 0.400. The molecule has 0 unspecified atom stereocenters. The third-order valence-electron chi connectivity index (χ3n) is 6.17. The van der Waals surface area contributed by atoms with Crippen molar-refractivity contribution in [1.29, 1.82) is 0 Å². The molecule has 35 heavy (non-hydrogen) atoms. The highest BCUT2D eigenvalue weighted by molar-refractivity contribution is 8.17. The van der Waals surface area contributed by atoms with Gasteiger partial charge in [0.25, 0.3) is 0 Å². The molecule has 0 aliphatic carbocycles. The van der Waals surface area contributed by atoms with Crippen molar-refractivity contribution in [3.05, 3.63) is 96.1 Å². The minimum atomic E-state index is -0.738. The van der Waals surface area contributed by atoms with Crippen molar-refractivity contribution in [2.75, 3.05) is 16.6 Å². The third-order valence-corrected chi connectivity index (χ3v) is 7.49. The van der Waals surface area contributed by atoms with Crippen molar-refractivity contribution in [1.82, 2.24) is 0 Å². The Balaban J connectivity index is 1.62. The largest absolute Gasteiger partial charge is 0.461 e. The van der Waals surface area contributed by atoms with Gasteiger partial charge >= 0.3 is 5.97 Å². The summed E-state index contributed by atoms with van der Waals surface area (Å²) in [4.78, 5) is 12.0. The fourth-order valence-electron chi connectivity index (χ4n) is 4.38. The summed E-state index contributed by atoms with van der Waals surface area (Å²) >= 11 is 1.41. The highest BCUT2D eigenvalue weighted by Crippen LogP contribution is 2.50. The molecule has 0 saturated carbocycles. The molecule has 2 heterocycles. The topological polar surface area (TPSA) is 57.5 Å². The monoisotopic (exact) mass is 484 g/mol. The van der Waals surface area contributed by atoms with Crippen LogP contribution in [0.1, 0.15) is 37.8 Å². The van der Waals surface area contributed by atoms with Gasteiger partial charge in [-0.25, -0.2) is 14.8 Å². The van der Waals surface area contributed by atoms with Crippen molar-refractivity contribution in [3.8, 4) is 0 Å². The number of thioether (sulfide) groups is 1. The van der Waals surface area contributed by atoms with Gasteiger partial charge in [0.05, 0.1) is 23.7 Å². The maximum atomic E-state index is 12.8. The summed E-state index contributed by atoms with van der Waals surface area (Å²) < 4.78 is 5.33. The summed E-state index contributed by atoms with van der Waals surface area (Å²) in [6.07, 6.45) is 2.46. The van der Waals surface area contributed by atoms with E-state index in [9.17, 15) is 4.79 Å². The molecule has 0 bridgehead atoms. The summed E-state index contributed by atoms with van der Waals surface area (Å²) in [6, 6.07) is 28.6. The number of aryl methyl sites for hydroxylation is 1. The number of ether oxygens (including phenoxy) is 1. The van der Waals surface area contributed by atoms with E-state index < -0.39 is 11.0 Å². The first kappa shape index (κ1) is 23.2. The third kappa shape index (κ3) is 4.44. The van der Waals surface area contributed by atoms with Crippen LogP contribution < -0.4 is 10.0 Å². The fourth-order valence-corrected chi connectivity index (χ4v) is 5.62. The van der Waals surface area contributed by atoms with Gasteiger partial charge in [0.2, 0.25) is 10.0 Å². The van der Waals surface area contributed by atoms with Crippen LogP contribution in [0.2, 0.25) is 0 Å². The van der Waals surface area contributed by atoms with Gasteiger partial charge in [-0.1, -0.05) is 67.6 Å². The van der Waals surface area contributed by atoms with Gasteiger partial charge in [-0.2, -0.15) is 10.2 Å². The Hall–Kier alpha value is -3.58. The first-order valence-electron chi connectivity index (χ1n) is 12.0. The minimum absolute atomic E-state index is 0.301. The number of benzene rings is 3. The van der Waals surface area contributed by atoms with Crippen LogP contribution in [0.3, 0.4) is 0 Å². The van der Waals surface area contributed by atoms with Crippen LogP contribution in [-0.2, 0) is 16.0 Å². The zero-order valence-corrected chi connectivity index (χ0v) is 20.7. The molecule has 0 N–H and O–H groups in total. The van der Waals surface area contributed by atoms with Crippen molar-refractivity contribution < 1.29 is 9.53 Å². The highest BCUT2D eigenvalue weighted by atomic mass is 32.2. The first-order valence-corrected chi connectivity index (χ1v) is 12.8. The molecule has 0 radical (unpaired) electrons. The molecular weight excluding hydrogens is 456 g/mol. The van der Waals surface area contributed by atoms with E-state index in [1.165, 1.54) is 17.3 Å². The molecule has 1 atom stereocenters. The Labute approximate surface area is 210 Å². The number of esters is 1. The molecule has 0 amide bonds. The molecule has 2 aliphatic rings. The summed E-state index contributed by atoms with van der Waals surface area (Å²) in [5.41, 5.74) is 5.25. The Bertz CT molecular complexity index is 1240. The predicted molar refractivity (Wildman–Crippen MR) is 144 cm³/mol. The highest BCUT2D eigenvalue weighted by Gasteiger charge is 2.53. The average molecular weight is 485 g/mol. The maximum Gasteiger partial charge on any atom is 0.365 e. The first-order chi connectivity index (χ1) is 17.1. The summed E-state index contributed by atoms with van der Waals surface area (Å²) in [5.74, 6) is -0.409. The van der Waals surface area contributed by atoms with E-state index in [2.05, 4.69) is 31.2 Å². The van der Waals surface area contributed by atoms with Crippen molar-refractivity contribution >= 4 is 39.9 Å². The second-order valence-corrected chi connectivity index (χ2v) is 9.61. The van der Waals surface area contributed by atoms with Gasteiger partial charge in [0, 0.05) is 6.42 Å². The Morgan fingerprint density at radius 3 is 2.06 bits per heavy atom. The SMILES string of the molecule is CCOC(=O)C1=NN(c2ccccc2)[C@]2(CCC(c3ccc(CC)cc3)=NN2c2ccccc2)S1. The van der Waals surface area contributed by atoms with E-state index in [1.807, 2.05) is 70.7 Å². The van der Waals surface area contributed by atoms with Gasteiger partial charge < -0.3 is 4.74 Å². The normalized spacial score (nSPS) is 19.5. The number of para-hydroxylation sites is 2. The van der Waals surface area contributed by atoms with Crippen LogP contribution >= 0.6 is 11.8 Å². The predicted octanol–water partition coefficient (Wildman–Crippen LogP) is 6.04. The molecular formula is C28H28N4O2S. The van der Waals surface area contributed by atoms with Gasteiger partial charge in [-0.05, 0) is 66.9 Å². The Kier molecular flexibility index (Phi) is 6.59. The lowest BCUT2D eigenvalue weighted by Crippen LogP contribution is -2.56. The molecule has 3 aromatic rings. The smallest absolute Gasteiger partial charge is 0.365 e. The Morgan fingerprint density at radius 2 is 1.49 bits per heavy atom. The summed E-state index contributed by atoms with van der Waals surface area (Å²) in [6.45, 7) is 4.26. The van der Waals surface area contributed by atoms with E-state index in [-0.39, 0.29) is 0 Å². The van der Waals surface area contributed by atoms with Gasteiger partial charge in [0.15, 0.2) is 0 Å². The lowest BCUT2D eigenvalue weighted by atomic mass is 10.0. The van der Waals surface area contributed by atoms with Crippen LogP contribution in [0, 0.1) is 0 Å². The maximum absolute atomic E-state index is 12.8. The standard InChI is InChI=1S/C28H28N4O2S/c1-3-21-15-17-22(18-16-21)25-19-20-28(31(29-25)23-11-7-5-8-12-23)32(24-13-9-6-10-14-24)30-26(35-28)27(33)34-4-2/h5-18H,3-4,19-20H2,1-2H3/t28-/m1/s1. The van der Waals surface area contributed by atoms with E-state index in [0.29, 0.717) is 18.1 Å². The van der Waals surface area contributed by atoms with Crippen molar-refractivity contribution in [2.24, 2.45) is 10.2 Å².